The number of benzene rings is 1. The van der Waals surface area contributed by atoms with Crippen LogP contribution in [0.5, 0.6) is 5.75 Å². The first-order valence-corrected chi connectivity index (χ1v) is 10.2. The van der Waals surface area contributed by atoms with Crippen molar-refractivity contribution in [1.82, 2.24) is 4.90 Å². The maximum atomic E-state index is 12.5. The van der Waals surface area contributed by atoms with Crippen molar-refractivity contribution < 1.29 is 9.90 Å². The van der Waals surface area contributed by atoms with Crippen molar-refractivity contribution in [3.8, 4) is 5.75 Å². The Balaban J connectivity index is 1.88. The number of fused-ring (bicyclic) bond motifs is 4. The van der Waals surface area contributed by atoms with Gasteiger partial charge >= 0.3 is 0 Å². The molecule has 0 radical (unpaired) electrons. The third-order valence-electron chi connectivity index (χ3n) is 7.52. The largest absolute Gasteiger partial charge is 0.508 e. The van der Waals surface area contributed by atoms with Gasteiger partial charge in [-0.2, -0.15) is 0 Å². The number of phenols is 1. The van der Waals surface area contributed by atoms with Crippen LogP contribution in [-0.2, 0) is 16.6 Å². The lowest BCUT2D eigenvalue weighted by atomic mass is 9.49. The van der Waals surface area contributed by atoms with Crippen LogP contribution in [0.15, 0.2) is 18.2 Å². The van der Waals surface area contributed by atoms with E-state index < -0.39 is 0 Å². The lowest BCUT2D eigenvalue weighted by Gasteiger charge is -2.62. The predicted octanol–water partition coefficient (Wildman–Crippen LogP) is 4.70. The van der Waals surface area contributed by atoms with E-state index in [9.17, 15) is 9.90 Å². The van der Waals surface area contributed by atoms with Crippen LogP contribution in [0.3, 0.4) is 0 Å². The van der Waals surface area contributed by atoms with E-state index in [-0.39, 0.29) is 10.8 Å². The Morgan fingerprint density at radius 2 is 2.04 bits per heavy atom. The molecule has 1 heterocycles. The normalized spacial score (nSPS) is 31.1. The fourth-order valence-electron chi connectivity index (χ4n) is 5.40. The van der Waals surface area contributed by atoms with Gasteiger partial charge in [-0.1, -0.05) is 33.8 Å². The number of Topliss-reactive ketones (excluding diaryl/α,β-unsaturated/α-hetero) is 1. The minimum atomic E-state index is 0.00876. The molecule has 3 heteroatoms. The lowest BCUT2D eigenvalue weighted by Crippen LogP contribution is -2.64. The third kappa shape index (κ3) is 3.19. The number of likely N-dealkylation sites (N-methyl/N-ethyl adjacent to an activating group) is 1. The topological polar surface area (TPSA) is 40.5 Å². The Morgan fingerprint density at radius 3 is 2.73 bits per heavy atom. The molecule has 1 N–H and O–H groups in total. The smallest absolute Gasteiger partial charge is 0.132 e. The van der Waals surface area contributed by atoms with Gasteiger partial charge in [-0.15, -0.1) is 0 Å². The molecule has 3 nitrogen and oxygen atoms in total. The second kappa shape index (κ2) is 6.99. The van der Waals surface area contributed by atoms with Gasteiger partial charge in [0.15, 0.2) is 0 Å². The van der Waals surface area contributed by atoms with E-state index in [1.165, 1.54) is 11.1 Å². The van der Waals surface area contributed by atoms with Crippen LogP contribution < -0.4 is 0 Å². The number of rotatable bonds is 6. The summed E-state index contributed by atoms with van der Waals surface area (Å²) in [5.41, 5.74) is 2.73. The van der Waals surface area contributed by atoms with Gasteiger partial charge in [0, 0.05) is 24.3 Å². The minimum Gasteiger partial charge on any atom is -0.508 e. The van der Waals surface area contributed by atoms with Crippen molar-refractivity contribution in [1.29, 1.82) is 0 Å². The number of phenolic OH excluding ortho intramolecular Hbond substituents is 1. The second-order valence-electron chi connectivity index (χ2n) is 9.51. The standard InChI is InChI=1S/C23H35NO2/c1-16(2)6-8-18(25)10-11-23(4)21-14-17-7-9-19(26)15-20(17)22(23,3)12-13-24(21)5/h7,9,15-16,21,26H,6,8,10-14H2,1-5H3/t21-,22+,23-/m0/s1. The van der Waals surface area contributed by atoms with E-state index in [0.29, 0.717) is 36.3 Å². The number of piperidine rings is 1. The summed E-state index contributed by atoms with van der Waals surface area (Å²) in [6.45, 7) is 10.2. The lowest BCUT2D eigenvalue weighted by molar-refractivity contribution is -0.121. The first kappa shape index (κ1) is 19.4. The van der Waals surface area contributed by atoms with Gasteiger partial charge in [0.25, 0.3) is 0 Å². The Labute approximate surface area is 158 Å². The van der Waals surface area contributed by atoms with Crippen LogP contribution in [0.1, 0.15) is 70.9 Å². The Bertz CT molecular complexity index is 683. The minimum absolute atomic E-state index is 0.00876. The van der Waals surface area contributed by atoms with Crippen molar-refractivity contribution in [3.63, 3.8) is 0 Å². The molecule has 3 atom stereocenters. The number of carbonyl (C=O) groups excluding carboxylic acids is 1. The van der Waals surface area contributed by atoms with Crippen molar-refractivity contribution in [2.45, 2.75) is 77.7 Å². The number of carbonyl (C=O) groups is 1. The Morgan fingerprint density at radius 1 is 1.31 bits per heavy atom. The molecule has 1 aliphatic heterocycles. The van der Waals surface area contributed by atoms with Gasteiger partial charge in [-0.05, 0) is 73.9 Å². The van der Waals surface area contributed by atoms with E-state index in [1.807, 2.05) is 12.1 Å². The second-order valence-corrected chi connectivity index (χ2v) is 9.51. The van der Waals surface area contributed by atoms with Crippen molar-refractivity contribution >= 4 is 5.78 Å². The number of hydrogen-bond acceptors (Lipinski definition) is 3. The molecule has 2 aliphatic rings. The fourth-order valence-corrected chi connectivity index (χ4v) is 5.40. The molecule has 2 bridgehead atoms. The number of nitrogens with zero attached hydrogens (tertiary/aromatic N) is 1. The van der Waals surface area contributed by atoms with Gasteiger partial charge in [0.1, 0.15) is 11.5 Å². The molecule has 0 amide bonds. The van der Waals surface area contributed by atoms with Crippen molar-refractivity contribution in [3.05, 3.63) is 29.3 Å². The summed E-state index contributed by atoms with van der Waals surface area (Å²) in [5, 5.41) is 10.1. The summed E-state index contributed by atoms with van der Waals surface area (Å²) in [5.74, 6) is 1.35. The first-order chi connectivity index (χ1) is 12.2. The quantitative estimate of drug-likeness (QED) is 0.802. The molecule has 3 rings (SSSR count). The summed E-state index contributed by atoms with van der Waals surface area (Å²) in [4.78, 5) is 15.0. The van der Waals surface area contributed by atoms with Gasteiger partial charge in [0.05, 0.1) is 0 Å². The van der Waals surface area contributed by atoms with E-state index in [0.717, 1.165) is 32.2 Å². The highest BCUT2D eigenvalue weighted by Gasteiger charge is 2.57. The predicted molar refractivity (Wildman–Crippen MR) is 107 cm³/mol. The van der Waals surface area contributed by atoms with Gasteiger partial charge in [0.2, 0.25) is 0 Å². The monoisotopic (exact) mass is 357 g/mol. The molecule has 1 saturated heterocycles. The molecular weight excluding hydrogens is 322 g/mol. The molecular formula is C23H35NO2. The molecule has 0 aromatic heterocycles. The maximum absolute atomic E-state index is 12.5. The zero-order chi connectivity index (χ0) is 19.1. The van der Waals surface area contributed by atoms with Crippen molar-refractivity contribution in [2.24, 2.45) is 11.3 Å². The van der Waals surface area contributed by atoms with Gasteiger partial charge < -0.3 is 10.0 Å². The average molecular weight is 358 g/mol. The SMILES string of the molecule is CC(C)CCC(=O)CC[C@@]1(C)[C@@H]2Cc3ccc(O)cc3[C@@]1(C)CCN2C. The van der Waals surface area contributed by atoms with Gasteiger partial charge in [-0.25, -0.2) is 0 Å². The highest BCUT2D eigenvalue weighted by atomic mass is 16.3. The first-order valence-electron chi connectivity index (χ1n) is 10.2. The van der Waals surface area contributed by atoms with Crippen LogP contribution in [0.4, 0.5) is 0 Å². The van der Waals surface area contributed by atoms with Crippen LogP contribution >= 0.6 is 0 Å². The molecule has 0 saturated carbocycles. The zero-order valence-electron chi connectivity index (χ0n) is 17.1. The summed E-state index contributed by atoms with van der Waals surface area (Å²) in [6.07, 6.45) is 5.41. The highest BCUT2D eigenvalue weighted by molar-refractivity contribution is 5.78. The number of ketones is 1. The summed E-state index contributed by atoms with van der Waals surface area (Å²) < 4.78 is 0. The van der Waals surface area contributed by atoms with Crippen LogP contribution in [0.2, 0.25) is 0 Å². The van der Waals surface area contributed by atoms with Crippen LogP contribution in [0, 0.1) is 11.3 Å². The number of likely N-dealkylation sites (tertiary alicyclic amines) is 1. The van der Waals surface area contributed by atoms with Gasteiger partial charge in [-0.3, -0.25) is 4.79 Å². The van der Waals surface area contributed by atoms with Crippen LogP contribution in [0.25, 0.3) is 0 Å². The molecule has 144 valence electrons. The van der Waals surface area contributed by atoms with Crippen molar-refractivity contribution in [2.75, 3.05) is 13.6 Å². The molecule has 1 aromatic rings. The third-order valence-corrected chi connectivity index (χ3v) is 7.52. The molecule has 26 heavy (non-hydrogen) atoms. The highest BCUT2D eigenvalue weighted by Crippen LogP contribution is 2.58. The van der Waals surface area contributed by atoms with E-state index in [2.05, 4.69) is 45.7 Å². The molecule has 0 unspecified atom stereocenters. The molecule has 1 fully saturated rings. The molecule has 1 aromatic carbocycles. The van der Waals surface area contributed by atoms with E-state index >= 15 is 0 Å². The maximum Gasteiger partial charge on any atom is 0.132 e. The van der Waals surface area contributed by atoms with Crippen LogP contribution in [-0.4, -0.2) is 35.4 Å². The average Bonchev–Trinajstić information content (AvgIpc) is 2.59. The summed E-state index contributed by atoms with van der Waals surface area (Å²) >= 11 is 0. The van der Waals surface area contributed by atoms with E-state index in [4.69, 9.17) is 0 Å². The molecule has 1 aliphatic carbocycles. The summed E-state index contributed by atoms with van der Waals surface area (Å²) in [6, 6.07) is 6.35. The zero-order valence-corrected chi connectivity index (χ0v) is 17.1. The Hall–Kier alpha value is -1.35. The molecule has 0 spiro atoms. The fraction of sp³-hybridized carbons (Fsp3) is 0.696. The number of hydrogen-bond donors (Lipinski definition) is 1. The Kier molecular flexibility index (Phi) is 5.22. The summed E-state index contributed by atoms with van der Waals surface area (Å²) in [7, 11) is 2.23. The number of aromatic hydroxyl groups is 1. The van der Waals surface area contributed by atoms with E-state index in [1.54, 1.807) is 0 Å².